The molecule has 0 saturated heterocycles. The molecule has 0 saturated carbocycles. The van der Waals surface area contributed by atoms with Gasteiger partial charge in [0.05, 0.1) is 16.3 Å². The smallest absolute Gasteiger partial charge is 0.294 e. The van der Waals surface area contributed by atoms with Crippen LogP contribution in [0.1, 0.15) is 16.7 Å². The Hall–Kier alpha value is -5.70. The highest BCUT2D eigenvalue weighted by atomic mass is 32.2. The fourth-order valence-electron chi connectivity index (χ4n) is 5.09. The Labute approximate surface area is 268 Å². The number of benzene rings is 5. The van der Waals surface area contributed by atoms with Crippen LogP contribution in [0.25, 0.3) is 5.57 Å². The predicted octanol–water partition coefficient (Wildman–Crippen LogP) is 9.01. The maximum Gasteiger partial charge on any atom is 0.294 e. The highest BCUT2D eigenvalue weighted by Gasteiger charge is 2.13. The molecule has 6 rings (SSSR count). The molecule has 46 heavy (non-hydrogen) atoms. The van der Waals surface area contributed by atoms with E-state index in [-0.39, 0.29) is 4.90 Å². The fourth-order valence-corrected chi connectivity index (χ4v) is 5.57. The standard InChI is InChI=1S/C38H32N4O3S/c1-26-25-35(21-24-37(26)39)42-33-17-11-29(12-18-33)38(27-7-13-31(14-8-27)40-30-5-3-2-4-6-30)28-9-15-32(16-10-28)41-34-19-22-36(23-20-34)46(43,44)45/h2-25,40,42H,39H2,1H3,(H,43,44,45). The van der Waals surface area contributed by atoms with E-state index in [4.69, 9.17) is 5.73 Å². The van der Waals surface area contributed by atoms with Gasteiger partial charge < -0.3 is 16.4 Å². The van der Waals surface area contributed by atoms with Gasteiger partial charge in [-0.05, 0) is 126 Å². The highest BCUT2D eigenvalue weighted by molar-refractivity contribution is 7.85. The molecular weight excluding hydrogens is 593 g/mol. The Balaban J connectivity index is 1.31. The van der Waals surface area contributed by atoms with Crippen molar-refractivity contribution in [2.24, 2.45) is 4.99 Å². The van der Waals surface area contributed by atoms with Crippen LogP contribution in [0.2, 0.25) is 0 Å². The zero-order valence-corrected chi connectivity index (χ0v) is 25.9. The Morgan fingerprint density at radius 1 is 0.652 bits per heavy atom. The Morgan fingerprint density at radius 2 is 1.17 bits per heavy atom. The molecule has 8 heteroatoms. The maximum atomic E-state index is 11.4. The number of para-hydroxylation sites is 1. The summed E-state index contributed by atoms with van der Waals surface area (Å²) in [5, 5.41) is 6.90. The second kappa shape index (κ2) is 13.1. The summed E-state index contributed by atoms with van der Waals surface area (Å²) in [6, 6.07) is 38.4. The van der Waals surface area contributed by atoms with Crippen LogP contribution in [0.15, 0.2) is 161 Å². The zero-order valence-electron chi connectivity index (χ0n) is 25.1. The quantitative estimate of drug-likeness (QED) is 0.101. The van der Waals surface area contributed by atoms with Crippen LogP contribution >= 0.6 is 0 Å². The first-order valence-corrected chi connectivity index (χ1v) is 16.1. The van der Waals surface area contributed by atoms with E-state index >= 15 is 0 Å². The third-order valence-corrected chi connectivity index (χ3v) is 8.38. The summed E-state index contributed by atoms with van der Waals surface area (Å²) in [5.41, 5.74) is 17.2. The van der Waals surface area contributed by atoms with E-state index in [0.717, 1.165) is 56.3 Å². The summed E-state index contributed by atoms with van der Waals surface area (Å²) in [6.07, 6.45) is 7.91. The largest absolute Gasteiger partial charge is 0.399 e. The molecule has 0 radical (unpaired) electrons. The van der Waals surface area contributed by atoms with Crippen molar-refractivity contribution in [1.29, 1.82) is 0 Å². The molecule has 228 valence electrons. The number of nitrogens with two attached hydrogens (primary N) is 1. The lowest BCUT2D eigenvalue weighted by molar-refractivity contribution is 0.483. The Bertz CT molecular complexity index is 2080. The molecule has 5 aromatic carbocycles. The van der Waals surface area contributed by atoms with E-state index in [1.54, 1.807) is 12.1 Å². The van der Waals surface area contributed by atoms with Crippen LogP contribution in [-0.2, 0) is 10.1 Å². The molecule has 0 atom stereocenters. The molecule has 0 aromatic heterocycles. The van der Waals surface area contributed by atoms with Crippen LogP contribution in [0.3, 0.4) is 0 Å². The number of rotatable bonds is 8. The first-order chi connectivity index (χ1) is 22.2. The van der Waals surface area contributed by atoms with E-state index in [1.165, 1.54) is 12.1 Å². The van der Waals surface area contributed by atoms with E-state index in [9.17, 15) is 13.0 Å². The third kappa shape index (κ3) is 7.32. The van der Waals surface area contributed by atoms with Crippen molar-refractivity contribution in [1.82, 2.24) is 0 Å². The molecule has 5 N–H and O–H groups in total. The van der Waals surface area contributed by atoms with E-state index < -0.39 is 10.1 Å². The predicted molar refractivity (Wildman–Crippen MR) is 189 cm³/mol. The van der Waals surface area contributed by atoms with Crippen LogP contribution < -0.4 is 16.4 Å². The number of allylic oxidation sites excluding steroid dienone is 5. The van der Waals surface area contributed by atoms with Gasteiger partial charge in [-0.15, -0.1) is 0 Å². The highest BCUT2D eigenvalue weighted by Crippen LogP contribution is 2.33. The average Bonchev–Trinajstić information content (AvgIpc) is 3.06. The summed E-state index contributed by atoms with van der Waals surface area (Å²) in [7, 11) is -4.26. The SMILES string of the molecule is Cc1cc(Nc2ccc(C(=C3C=CC(=Nc4ccc(S(=O)(=O)O)cc4)C=C3)c3ccc(Nc4ccccc4)cc3)cc2)ccc1N. The van der Waals surface area contributed by atoms with Crippen LogP contribution in [0, 0.1) is 6.92 Å². The molecule has 0 spiro atoms. The van der Waals surface area contributed by atoms with Gasteiger partial charge in [-0.1, -0.05) is 54.6 Å². The van der Waals surface area contributed by atoms with Gasteiger partial charge in [-0.3, -0.25) is 4.55 Å². The topological polar surface area (TPSA) is 117 Å². The van der Waals surface area contributed by atoms with Gasteiger partial charge in [-0.2, -0.15) is 8.42 Å². The Morgan fingerprint density at radius 3 is 1.72 bits per heavy atom. The van der Waals surface area contributed by atoms with Gasteiger partial charge in [0.25, 0.3) is 10.1 Å². The average molecular weight is 625 g/mol. The van der Waals surface area contributed by atoms with Crippen molar-refractivity contribution in [3.8, 4) is 0 Å². The molecular formula is C38H32N4O3S. The Kier molecular flexibility index (Phi) is 8.65. The number of hydrogen-bond acceptors (Lipinski definition) is 6. The van der Waals surface area contributed by atoms with E-state index in [2.05, 4.69) is 64.2 Å². The van der Waals surface area contributed by atoms with Gasteiger partial charge in [0, 0.05) is 28.4 Å². The molecule has 0 bridgehead atoms. The number of aliphatic imine (C=N–C) groups is 1. The van der Waals surface area contributed by atoms with Crippen molar-refractivity contribution >= 4 is 55.5 Å². The van der Waals surface area contributed by atoms with Gasteiger partial charge in [0.15, 0.2) is 0 Å². The minimum absolute atomic E-state index is 0.171. The third-order valence-electron chi connectivity index (χ3n) is 7.52. The lowest BCUT2D eigenvalue weighted by Crippen LogP contribution is -1.99. The summed E-state index contributed by atoms with van der Waals surface area (Å²) >= 11 is 0. The van der Waals surface area contributed by atoms with E-state index in [0.29, 0.717) is 11.4 Å². The van der Waals surface area contributed by atoms with Crippen LogP contribution in [0.5, 0.6) is 0 Å². The number of nitrogens with zero attached hydrogens (tertiary/aromatic N) is 1. The molecule has 7 nitrogen and oxygen atoms in total. The van der Waals surface area contributed by atoms with Crippen LogP contribution in [-0.4, -0.2) is 18.7 Å². The maximum absolute atomic E-state index is 11.4. The van der Waals surface area contributed by atoms with Gasteiger partial charge in [-0.25, -0.2) is 4.99 Å². The fraction of sp³-hybridized carbons (Fsp3) is 0.0263. The number of hydrogen-bond donors (Lipinski definition) is 4. The summed E-state index contributed by atoms with van der Waals surface area (Å²) < 4.78 is 32.0. The monoisotopic (exact) mass is 624 g/mol. The lowest BCUT2D eigenvalue weighted by atomic mass is 9.90. The second-order valence-corrected chi connectivity index (χ2v) is 12.3. The lowest BCUT2D eigenvalue weighted by Gasteiger charge is -2.16. The molecule has 1 aliphatic rings. The molecule has 0 aliphatic heterocycles. The molecule has 0 unspecified atom stereocenters. The van der Waals surface area contributed by atoms with Gasteiger partial charge >= 0.3 is 0 Å². The zero-order chi connectivity index (χ0) is 32.1. The molecule has 0 heterocycles. The van der Waals surface area contributed by atoms with Crippen LogP contribution in [0.4, 0.5) is 34.1 Å². The first kappa shape index (κ1) is 30.3. The van der Waals surface area contributed by atoms with Gasteiger partial charge in [0.2, 0.25) is 0 Å². The summed E-state index contributed by atoms with van der Waals surface area (Å²) in [6.45, 7) is 1.99. The first-order valence-electron chi connectivity index (χ1n) is 14.6. The molecule has 1 aliphatic carbocycles. The number of nitrogen functional groups attached to an aromatic ring is 1. The number of anilines is 5. The van der Waals surface area contributed by atoms with Crippen molar-refractivity contribution in [2.45, 2.75) is 11.8 Å². The van der Waals surface area contributed by atoms with Crippen molar-refractivity contribution in [3.05, 3.63) is 168 Å². The van der Waals surface area contributed by atoms with E-state index in [1.807, 2.05) is 79.8 Å². The summed E-state index contributed by atoms with van der Waals surface area (Å²) in [4.78, 5) is 4.44. The van der Waals surface area contributed by atoms with Crippen molar-refractivity contribution < 1.29 is 13.0 Å². The second-order valence-electron chi connectivity index (χ2n) is 10.8. The minimum Gasteiger partial charge on any atom is -0.399 e. The molecule has 5 aromatic rings. The molecule has 0 fully saturated rings. The van der Waals surface area contributed by atoms with Crippen molar-refractivity contribution in [2.75, 3.05) is 16.4 Å². The molecule has 0 amide bonds. The normalized spacial score (nSPS) is 12.6. The van der Waals surface area contributed by atoms with Gasteiger partial charge in [0.1, 0.15) is 0 Å². The number of aryl methyl sites for hydroxylation is 1. The van der Waals surface area contributed by atoms with Crippen molar-refractivity contribution in [3.63, 3.8) is 0 Å². The summed E-state index contributed by atoms with van der Waals surface area (Å²) in [5.74, 6) is 0. The minimum atomic E-state index is -4.26. The number of nitrogens with one attached hydrogen (secondary N) is 2.